The van der Waals surface area contributed by atoms with E-state index >= 15 is 0 Å². The number of esters is 2. The van der Waals surface area contributed by atoms with Crippen molar-refractivity contribution in [3.05, 3.63) is 58.7 Å². The van der Waals surface area contributed by atoms with Crippen LogP contribution >= 0.6 is 0 Å². The van der Waals surface area contributed by atoms with Gasteiger partial charge in [0.2, 0.25) is 13.6 Å². The molecule has 8 heteroatoms. The summed E-state index contributed by atoms with van der Waals surface area (Å²) in [5, 5.41) is 0. The van der Waals surface area contributed by atoms with Crippen LogP contribution in [0, 0.1) is 24.7 Å². The molecule has 0 aliphatic carbocycles. The summed E-state index contributed by atoms with van der Waals surface area (Å²) in [6.45, 7) is 16.2. The number of ether oxygens (including phenoxy) is 5. The molecule has 0 amide bonds. The van der Waals surface area contributed by atoms with Crippen LogP contribution in [0.25, 0.3) is 6.08 Å². The molecule has 0 fully saturated rings. The van der Waals surface area contributed by atoms with Gasteiger partial charge in [0.05, 0.1) is 23.0 Å². The van der Waals surface area contributed by atoms with Gasteiger partial charge in [-0.25, -0.2) is 0 Å². The van der Waals surface area contributed by atoms with E-state index in [1.54, 1.807) is 71.9 Å². The summed E-state index contributed by atoms with van der Waals surface area (Å²) in [6.07, 6.45) is 3.08. The predicted octanol–water partition coefficient (Wildman–Crippen LogP) is 6.45. The highest BCUT2D eigenvalue weighted by Gasteiger charge is 2.24. The Morgan fingerprint density at radius 2 is 1.23 bits per heavy atom. The molecule has 0 unspecified atom stereocenters. The number of hydrogen-bond donors (Lipinski definition) is 0. The number of benzene rings is 2. The lowest BCUT2D eigenvalue weighted by atomic mass is 9.97. The lowest BCUT2D eigenvalue weighted by Crippen LogP contribution is -2.24. The number of rotatable bonds is 11. The molecule has 0 spiro atoms. The van der Waals surface area contributed by atoms with Gasteiger partial charge < -0.3 is 23.7 Å². The van der Waals surface area contributed by atoms with Gasteiger partial charge in [-0.2, -0.15) is 0 Å². The number of allylic oxidation sites excluding steroid dienone is 1. The summed E-state index contributed by atoms with van der Waals surface area (Å²) in [5.74, 6) is 0.511. The van der Waals surface area contributed by atoms with Crippen molar-refractivity contribution in [2.75, 3.05) is 20.2 Å². The van der Waals surface area contributed by atoms with E-state index in [2.05, 4.69) is 0 Å². The number of carbonyl (C=O) groups excluding carboxylic acids is 3. The highest BCUT2D eigenvalue weighted by molar-refractivity contribution is 6.07. The van der Waals surface area contributed by atoms with E-state index in [4.69, 9.17) is 23.7 Å². The molecule has 0 saturated heterocycles. The van der Waals surface area contributed by atoms with Gasteiger partial charge in [0.25, 0.3) is 0 Å². The second-order valence-electron chi connectivity index (χ2n) is 11.1. The second-order valence-corrected chi connectivity index (χ2v) is 11.1. The fourth-order valence-corrected chi connectivity index (χ4v) is 3.36. The van der Waals surface area contributed by atoms with Crippen molar-refractivity contribution in [1.82, 2.24) is 0 Å². The van der Waals surface area contributed by atoms with Crippen molar-refractivity contribution >= 4 is 23.8 Å². The van der Waals surface area contributed by atoms with Crippen LogP contribution in [-0.2, 0) is 19.1 Å². The highest BCUT2D eigenvalue weighted by atomic mass is 16.7. The first-order chi connectivity index (χ1) is 18.1. The van der Waals surface area contributed by atoms with E-state index in [-0.39, 0.29) is 31.3 Å². The molecule has 2 rings (SSSR count). The van der Waals surface area contributed by atoms with Crippen LogP contribution in [0.1, 0.15) is 75.5 Å². The van der Waals surface area contributed by atoms with Gasteiger partial charge in [0.1, 0.15) is 17.2 Å². The summed E-state index contributed by atoms with van der Waals surface area (Å²) < 4.78 is 27.6. The fraction of sp³-hybridized carbons (Fsp3) is 0.452. The number of ketones is 1. The van der Waals surface area contributed by atoms with Crippen molar-refractivity contribution in [3.63, 3.8) is 0 Å². The minimum atomic E-state index is -0.658. The molecule has 0 bridgehead atoms. The average molecular weight is 541 g/mol. The van der Waals surface area contributed by atoms with Crippen molar-refractivity contribution < 1.29 is 38.1 Å². The van der Waals surface area contributed by atoms with Crippen molar-refractivity contribution in [3.8, 4) is 17.2 Å². The molecular weight excluding hydrogens is 500 g/mol. The number of aryl methyl sites for hydroxylation is 2. The van der Waals surface area contributed by atoms with E-state index in [0.29, 0.717) is 35.0 Å². The maximum absolute atomic E-state index is 13.0. The topological polar surface area (TPSA) is 97.4 Å². The van der Waals surface area contributed by atoms with Crippen LogP contribution in [0.15, 0.2) is 36.4 Å². The SMILES string of the molecule is CCOc1c(C)cc(C)c(OCOC(=O)C(C)(C)C)c1C=CC(=O)c1ccc(OCOC(=O)C(C)(C)C)cc1. The molecule has 0 atom stereocenters. The molecule has 212 valence electrons. The molecule has 0 saturated carbocycles. The Labute approximate surface area is 231 Å². The smallest absolute Gasteiger partial charge is 0.314 e. The van der Waals surface area contributed by atoms with Crippen LogP contribution in [0.2, 0.25) is 0 Å². The zero-order valence-electron chi connectivity index (χ0n) is 24.4. The molecule has 0 aliphatic rings. The van der Waals surface area contributed by atoms with Crippen LogP contribution in [0.5, 0.6) is 17.2 Å². The normalized spacial score (nSPS) is 11.7. The molecule has 2 aromatic rings. The molecule has 0 aliphatic heterocycles. The monoisotopic (exact) mass is 540 g/mol. The van der Waals surface area contributed by atoms with Crippen molar-refractivity contribution in [1.29, 1.82) is 0 Å². The van der Waals surface area contributed by atoms with Gasteiger partial charge in [0, 0.05) is 5.56 Å². The Kier molecular flexibility index (Phi) is 10.7. The van der Waals surface area contributed by atoms with E-state index in [1.165, 1.54) is 6.08 Å². The summed E-state index contributed by atoms with van der Waals surface area (Å²) in [6, 6.07) is 8.44. The van der Waals surface area contributed by atoms with Crippen LogP contribution in [0.3, 0.4) is 0 Å². The summed E-state index contributed by atoms with van der Waals surface area (Å²) in [4.78, 5) is 37.0. The Balaban J connectivity index is 2.20. The summed E-state index contributed by atoms with van der Waals surface area (Å²) in [7, 11) is 0. The Morgan fingerprint density at radius 1 is 0.744 bits per heavy atom. The minimum absolute atomic E-state index is 0.218. The van der Waals surface area contributed by atoms with Gasteiger partial charge in [-0.05, 0) is 116 Å². The second kappa shape index (κ2) is 13.3. The standard InChI is InChI=1S/C31H40O8/c1-10-35-26-20(2)17-21(3)27(37-19-39-29(34)31(7,8)9)24(26)15-16-25(32)22-11-13-23(14-12-22)36-18-38-28(33)30(4,5)6/h11-17H,10,18-19H2,1-9H3. The largest absolute Gasteiger partial charge is 0.493 e. The van der Waals surface area contributed by atoms with Crippen LogP contribution < -0.4 is 14.2 Å². The predicted molar refractivity (Wildman–Crippen MR) is 149 cm³/mol. The molecule has 8 nitrogen and oxygen atoms in total. The molecular formula is C31H40O8. The highest BCUT2D eigenvalue weighted by Crippen LogP contribution is 2.37. The quantitative estimate of drug-likeness (QED) is 0.139. The third-order valence-electron chi connectivity index (χ3n) is 5.50. The van der Waals surface area contributed by atoms with E-state index in [0.717, 1.165) is 11.1 Å². The molecule has 0 N–H and O–H groups in total. The maximum atomic E-state index is 13.0. The average Bonchev–Trinajstić information content (AvgIpc) is 2.84. The molecule has 0 radical (unpaired) electrons. The molecule has 0 heterocycles. The lowest BCUT2D eigenvalue weighted by Gasteiger charge is -2.20. The Hall–Kier alpha value is -3.81. The summed E-state index contributed by atoms with van der Waals surface area (Å²) in [5.41, 5.74) is 1.43. The van der Waals surface area contributed by atoms with Crippen molar-refractivity contribution in [2.24, 2.45) is 10.8 Å². The zero-order valence-corrected chi connectivity index (χ0v) is 24.4. The van der Waals surface area contributed by atoms with Gasteiger partial charge in [-0.15, -0.1) is 0 Å². The van der Waals surface area contributed by atoms with Gasteiger partial charge in [-0.3, -0.25) is 14.4 Å². The third-order valence-corrected chi connectivity index (χ3v) is 5.50. The van der Waals surface area contributed by atoms with E-state index in [9.17, 15) is 14.4 Å². The lowest BCUT2D eigenvalue weighted by molar-refractivity contribution is -0.160. The Morgan fingerprint density at radius 3 is 1.72 bits per heavy atom. The number of hydrogen-bond acceptors (Lipinski definition) is 8. The first-order valence-electron chi connectivity index (χ1n) is 12.8. The van der Waals surface area contributed by atoms with Gasteiger partial charge >= 0.3 is 11.9 Å². The van der Waals surface area contributed by atoms with Gasteiger partial charge in [0.15, 0.2) is 5.78 Å². The molecule has 39 heavy (non-hydrogen) atoms. The molecule has 2 aromatic carbocycles. The van der Waals surface area contributed by atoms with Crippen LogP contribution in [0.4, 0.5) is 0 Å². The molecule has 0 aromatic heterocycles. The van der Waals surface area contributed by atoms with Gasteiger partial charge in [-0.1, -0.05) is 0 Å². The van der Waals surface area contributed by atoms with E-state index in [1.807, 2.05) is 26.8 Å². The third kappa shape index (κ3) is 9.16. The first kappa shape index (κ1) is 31.4. The maximum Gasteiger partial charge on any atom is 0.314 e. The van der Waals surface area contributed by atoms with Crippen LogP contribution in [-0.4, -0.2) is 37.9 Å². The zero-order chi connectivity index (χ0) is 29.4. The Bertz CT molecular complexity index is 1200. The van der Waals surface area contributed by atoms with Crippen molar-refractivity contribution in [2.45, 2.75) is 62.3 Å². The minimum Gasteiger partial charge on any atom is -0.493 e. The summed E-state index contributed by atoms with van der Waals surface area (Å²) >= 11 is 0. The fourth-order valence-electron chi connectivity index (χ4n) is 3.36. The van der Waals surface area contributed by atoms with E-state index < -0.39 is 10.8 Å². The number of carbonyl (C=O) groups is 3. The first-order valence-corrected chi connectivity index (χ1v) is 12.8.